The number of H-pyrrole nitrogens is 1. The number of piperidine rings is 1. The Morgan fingerprint density at radius 3 is 2.75 bits per heavy atom. The first-order valence-electron chi connectivity index (χ1n) is 6.27. The van der Waals surface area contributed by atoms with Gasteiger partial charge in [-0.3, -0.25) is 9.59 Å². The molecule has 0 aromatic carbocycles. The summed E-state index contributed by atoms with van der Waals surface area (Å²) in [5.74, 6) is -0.483. The van der Waals surface area contributed by atoms with Crippen LogP contribution >= 0.6 is 11.3 Å². The minimum absolute atomic E-state index is 0.0417. The third-order valence-corrected chi connectivity index (χ3v) is 6.80. The van der Waals surface area contributed by atoms with Crippen molar-refractivity contribution in [1.82, 2.24) is 14.6 Å². The maximum Gasteiger partial charge on any atom is 0.305 e. The number of nitrogens with one attached hydrogen (secondary N) is 2. The van der Waals surface area contributed by atoms with E-state index in [-0.39, 0.29) is 27.5 Å². The zero-order valence-corrected chi connectivity index (χ0v) is 12.9. The maximum absolute atomic E-state index is 12.5. The van der Waals surface area contributed by atoms with Crippen LogP contribution in [0.15, 0.2) is 9.00 Å². The third kappa shape index (κ3) is 2.79. The summed E-state index contributed by atoms with van der Waals surface area (Å²) < 4.78 is 26.4. The highest BCUT2D eigenvalue weighted by atomic mass is 32.2. The number of nitrogens with zero attached hydrogens (tertiary/aromatic N) is 1. The van der Waals surface area contributed by atoms with Gasteiger partial charge in [-0.05, 0) is 19.8 Å². The zero-order valence-electron chi connectivity index (χ0n) is 11.3. The predicted octanol–water partition coefficient (Wildman–Crippen LogP) is -0.108. The molecule has 20 heavy (non-hydrogen) atoms. The van der Waals surface area contributed by atoms with Crippen LogP contribution in [0.2, 0.25) is 0 Å². The maximum atomic E-state index is 12.5. The monoisotopic (exact) mass is 319 g/mol. The molecule has 112 valence electrons. The van der Waals surface area contributed by atoms with Gasteiger partial charge in [-0.1, -0.05) is 11.3 Å². The van der Waals surface area contributed by atoms with Crippen molar-refractivity contribution in [2.45, 2.75) is 24.0 Å². The van der Waals surface area contributed by atoms with Gasteiger partial charge < -0.3 is 10.3 Å². The first kappa shape index (κ1) is 15.2. The van der Waals surface area contributed by atoms with Crippen molar-refractivity contribution in [2.24, 2.45) is 5.92 Å². The highest BCUT2D eigenvalue weighted by Gasteiger charge is 2.34. The molecule has 9 heteroatoms. The molecular formula is C11H17N3O4S2. The molecule has 0 radical (unpaired) electrons. The molecule has 0 aliphatic carbocycles. The predicted molar refractivity (Wildman–Crippen MR) is 75.2 cm³/mol. The molecular weight excluding hydrogens is 302 g/mol. The molecule has 1 saturated heterocycles. The Bertz CT molecular complexity index is 661. The molecule has 0 saturated carbocycles. The summed E-state index contributed by atoms with van der Waals surface area (Å²) in [7, 11) is -2.17. The van der Waals surface area contributed by atoms with E-state index in [4.69, 9.17) is 0 Å². The molecule has 1 atom stereocenters. The Morgan fingerprint density at radius 2 is 2.20 bits per heavy atom. The largest absolute Gasteiger partial charge is 0.359 e. The van der Waals surface area contributed by atoms with E-state index >= 15 is 0 Å². The molecule has 2 rings (SSSR count). The fourth-order valence-corrected chi connectivity index (χ4v) is 5.29. The van der Waals surface area contributed by atoms with Crippen molar-refractivity contribution in [2.75, 3.05) is 20.1 Å². The summed E-state index contributed by atoms with van der Waals surface area (Å²) in [5.41, 5.74) is 0.349. The fraction of sp³-hybridized carbons (Fsp3) is 0.636. The normalized spacial score (nSPS) is 20.8. The Balaban J connectivity index is 2.28. The van der Waals surface area contributed by atoms with Crippen molar-refractivity contribution in [1.29, 1.82) is 0 Å². The summed E-state index contributed by atoms with van der Waals surface area (Å²) in [6, 6.07) is 0. The highest BCUT2D eigenvalue weighted by molar-refractivity contribution is 7.91. The number of aromatic nitrogens is 1. The standard InChI is InChI=1S/C11H17N3O4S2/c1-7-10(19-11(16)13-7)20(17,18)14-5-3-4-8(6-14)9(15)12-2/h8H,3-6H2,1-2H3,(H,12,15)(H,13,16). The van der Waals surface area contributed by atoms with E-state index in [0.29, 0.717) is 36.4 Å². The molecule has 2 N–H and O–H groups in total. The van der Waals surface area contributed by atoms with Gasteiger partial charge in [-0.15, -0.1) is 0 Å². The van der Waals surface area contributed by atoms with Crippen LogP contribution in [0.1, 0.15) is 18.5 Å². The number of rotatable bonds is 3. The van der Waals surface area contributed by atoms with E-state index in [1.165, 1.54) is 11.4 Å². The fourth-order valence-electron chi connectivity index (χ4n) is 2.33. The van der Waals surface area contributed by atoms with Gasteiger partial charge in [-0.2, -0.15) is 4.31 Å². The summed E-state index contributed by atoms with van der Waals surface area (Å²) in [5, 5.41) is 2.55. The van der Waals surface area contributed by atoms with Gasteiger partial charge in [0, 0.05) is 25.8 Å². The Morgan fingerprint density at radius 1 is 1.50 bits per heavy atom. The molecule has 7 nitrogen and oxygen atoms in total. The lowest BCUT2D eigenvalue weighted by molar-refractivity contribution is -0.125. The molecule has 0 bridgehead atoms. The molecule has 0 spiro atoms. The number of sulfonamides is 1. The second kappa shape index (κ2) is 5.66. The van der Waals surface area contributed by atoms with Crippen LogP contribution in [-0.4, -0.2) is 43.8 Å². The topological polar surface area (TPSA) is 99.3 Å². The number of amides is 1. The Kier molecular flexibility index (Phi) is 4.31. The number of aryl methyl sites for hydroxylation is 1. The lowest BCUT2D eigenvalue weighted by atomic mass is 9.99. The summed E-state index contributed by atoms with van der Waals surface area (Å²) in [6.45, 7) is 2.10. The quantitative estimate of drug-likeness (QED) is 0.812. The van der Waals surface area contributed by atoms with E-state index < -0.39 is 10.0 Å². The number of hydrogen-bond donors (Lipinski definition) is 2. The number of thiazole rings is 1. The lowest BCUT2D eigenvalue weighted by Crippen LogP contribution is -2.44. The minimum atomic E-state index is -3.71. The minimum Gasteiger partial charge on any atom is -0.359 e. The zero-order chi connectivity index (χ0) is 14.9. The Labute approximate surface area is 121 Å². The molecule has 1 fully saturated rings. The molecule has 1 aromatic heterocycles. The second-order valence-corrected chi connectivity index (χ2v) is 7.86. The SMILES string of the molecule is CNC(=O)C1CCCN(S(=O)(=O)c2sc(=O)[nH]c2C)C1. The van der Waals surface area contributed by atoms with Crippen LogP contribution in [0.4, 0.5) is 0 Å². The van der Waals surface area contributed by atoms with Gasteiger partial charge in [0.05, 0.1) is 5.92 Å². The number of carbonyl (C=O) groups is 1. The van der Waals surface area contributed by atoms with E-state index in [0.717, 1.165) is 0 Å². The first-order valence-corrected chi connectivity index (χ1v) is 8.53. The van der Waals surface area contributed by atoms with Gasteiger partial charge in [0.25, 0.3) is 10.0 Å². The first-order chi connectivity index (χ1) is 9.36. The van der Waals surface area contributed by atoms with E-state index in [9.17, 15) is 18.0 Å². The molecule has 1 aromatic rings. The van der Waals surface area contributed by atoms with Crippen molar-refractivity contribution in [3.05, 3.63) is 15.4 Å². The molecule has 1 aliphatic rings. The van der Waals surface area contributed by atoms with Crippen molar-refractivity contribution < 1.29 is 13.2 Å². The van der Waals surface area contributed by atoms with Gasteiger partial charge in [0.1, 0.15) is 0 Å². The van der Waals surface area contributed by atoms with Gasteiger partial charge in [-0.25, -0.2) is 8.42 Å². The van der Waals surface area contributed by atoms with E-state index in [2.05, 4.69) is 10.3 Å². The van der Waals surface area contributed by atoms with Crippen LogP contribution in [0, 0.1) is 12.8 Å². The second-order valence-electron chi connectivity index (χ2n) is 4.74. The number of carbonyl (C=O) groups excluding carboxylic acids is 1. The van der Waals surface area contributed by atoms with E-state index in [1.807, 2.05) is 0 Å². The number of aromatic amines is 1. The summed E-state index contributed by atoms with van der Waals surface area (Å²) >= 11 is 0.689. The average Bonchev–Trinajstić information content (AvgIpc) is 2.77. The van der Waals surface area contributed by atoms with Crippen LogP contribution < -0.4 is 10.2 Å². The van der Waals surface area contributed by atoms with Crippen molar-refractivity contribution in [3.8, 4) is 0 Å². The molecule has 2 heterocycles. The van der Waals surface area contributed by atoms with Crippen LogP contribution in [0.25, 0.3) is 0 Å². The lowest BCUT2D eigenvalue weighted by Gasteiger charge is -2.30. The summed E-state index contributed by atoms with van der Waals surface area (Å²) in [4.78, 5) is 25.0. The van der Waals surface area contributed by atoms with Crippen molar-refractivity contribution >= 4 is 27.3 Å². The van der Waals surface area contributed by atoms with Gasteiger partial charge >= 0.3 is 4.87 Å². The van der Waals surface area contributed by atoms with E-state index in [1.54, 1.807) is 6.92 Å². The average molecular weight is 319 g/mol. The van der Waals surface area contributed by atoms with Crippen LogP contribution in [-0.2, 0) is 14.8 Å². The summed E-state index contributed by atoms with van der Waals surface area (Å²) in [6.07, 6.45) is 1.31. The molecule has 1 amide bonds. The van der Waals surface area contributed by atoms with Gasteiger partial charge in [0.2, 0.25) is 5.91 Å². The smallest absolute Gasteiger partial charge is 0.305 e. The third-order valence-electron chi connectivity index (χ3n) is 3.36. The van der Waals surface area contributed by atoms with Crippen LogP contribution in [0.5, 0.6) is 0 Å². The number of hydrogen-bond acceptors (Lipinski definition) is 5. The molecule has 1 unspecified atom stereocenters. The van der Waals surface area contributed by atoms with Crippen LogP contribution in [0.3, 0.4) is 0 Å². The van der Waals surface area contributed by atoms with Crippen molar-refractivity contribution in [3.63, 3.8) is 0 Å². The highest BCUT2D eigenvalue weighted by Crippen LogP contribution is 2.26. The van der Waals surface area contributed by atoms with Gasteiger partial charge in [0.15, 0.2) is 4.21 Å². The Hall–Kier alpha value is -1.19. The molecule has 1 aliphatic heterocycles.